The van der Waals surface area contributed by atoms with Gasteiger partial charge in [-0.15, -0.1) is 0 Å². The predicted molar refractivity (Wildman–Crippen MR) is 106 cm³/mol. The van der Waals surface area contributed by atoms with Crippen LogP contribution in [0.15, 0.2) is 17.2 Å². The maximum atomic E-state index is 13.5. The van der Waals surface area contributed by atoms with Gasteiger partial charge >= 0.3 is 0 Å². The van der Waals surface area contributed by atoms with Gasteiger partial charge in [0.1, 0.15) is 10.6 Å². The van der Waals surface area contributed by atoms with Crippen molar-refractivity contribution in [3.05, 3.63) is 18.0 Å². The topological polar surface area (TPSA) is 62.6 Å². The van der Waals surface area contributed by atoms with Crippen molar-refractivity contribution in [3.8, 4) is 0 Å². The molecule has 27 heavy (non-hydrogen) atoms. The zero-order chi connectivity index (χ0) is 19.6. The first-order valence-corrected chi connectivity index (χ1v) is 11.8. The van der Waals surface area contributed by atoms with Crippen molar-refractivity contribution in [3.63, 3.8) is 0 Å². The molecule has 2 aliphatic carbocycles. The number of sulfonamides is 1. The van der Waals surface area contributed by atoms with Crippen LogP contribution in [-0.2, 0) is 17.1 Å². The van der Waals surface area contributed by atoms with Crippen molar-refractivity contribution in [1.29, 1.82) is 0 Å². The highest BCUT2D eigenvalue weighted by atomic mass is 32.2. The average Bonchev–Trinajstić information content (AvgIpc) is 3.37. The van der Waals surface area contributed by atoms with Crippen molar-refractivity contribution in [2.75, 3.05) is 13.1 Å². The summed E-state index contributed by atoms with van der Waals surface area (Å²) in [6.07, 6.45) is 10.6. The summed E-state index contributed by atoms with van der Waals surface area (Å²) >= 11 is 0. The third-order valence-electron chi connectivity index (χ3n) is 6.21. The molecule has 6 nitrogen and oxygen atoms in total. The van der Waals surface area contributed by atoms with Gasteiger partial charge in [0.15, 0.2) is 0 Å². The molecule has 0 saturated heterocycles. The number of rotatable bonds is 7. The summed E-state index contributed by atoms with van der Waals surface area (Å²) in [5.74, 6) is -0.00250. The molecule has 0 aliphatic heterocycles. The van der Waals surface area contributed by atoms with Crippen LogP contribution in [0.1, 0.15) is 75.7 Å². The number of nitrogens with zero attached hydrogens (tertiary/aromatic N) is 3. The van der Waals surface area contributed by atoms with E-state index in [4.69, 9.17) is 0 Å². The van der Waals surface area contributed by atoms with Gasteiger partial charge in [-0.1, -0.05) is 39.5 Å². The Hall–Kier alpha value is -1.34. The smallest absolute Gasteiger partial charge is 0.271 e. The van der Waals surface area contributed by atoms with Gasteiger partial charge in [-0.05, 0) is 31.7 Å². The van der Waals surface area contributed by atoms with E-state index in [-0.39, 0.29) is 10.8 Å². The molecule has 1 aromatic heterocycles. The Balaban J connectivity index is 1.92. The molecule has 1 aromatic rings. The fourth-order valence-electron chi connectivity index (χ4n) is 4.73. The van der Waals surface area contributed by atoms with E-state index in [1.807, 2.05) is 13.8 Å². The number of carbonyl (C=O) groups excluding carboxylic acids is 1. The van der Waals surface area contributed by atoms with Crippen LogP contribution in [0.5, 0.6) is 0 Å². The second-order valence-corrected chi connectivity index (χ2v) is 9.79. The fourth-order valence-corrected chi connectivity index (χ4v) is 6.26. The third kappa shape index (κ3) is 3.94. The van der Waals surface area contributed by atoms with Gasteiger partial charge in [0.25, 0.3) is 5.91 Å². The van der Waals surface area contributed by atoms with Crippen molar-refractivity contribution in [1.82, 2.24) is 13.8 Å². The highest BCUT2D eigenvalue weighted by molar-refractivity contribution is 7.89. The van der Waals surface area contributed by atoms with Gasteiger partial charge in [-0.3, -0.25) is 4.79 Å². The Morgan fingerprint density at radius 3 is 1.96 bits per heavy atom. The van der Waals surface area contributed by atoms with Gasteiger partial charge in [0.05, 0.1) is 0 Å². The molecule has 3 rings (SSSR count). The van der Waals surface area contributed by atoms with Crippen LogP contribution in [-0.4, -0.2) is 53.3 Å². The van der Waals surface area contributed by atoms with Crippen LogP contribution in [0, 0.1) is 0 Å². The first-order valence-electron chi connectivity index (χ1n) is 10.4. The summed E-state index contributed by atoms with van der Waals surface area (Å²) in [5.41, 5.74) is 0.486. The minimum Gasteiger partial charge on any atom is -0.345 e. The van der Waals surface area contributed by atoms with Gasteiger partial charge in [-0.25, -0.2) is 8.42 Å². The molecule has 0 aromatic carbocycles. The molecule has 0 N–H and O–H groups in total. The molecule has 0 bridgehead atoms. The van der Waals surface area contributed by atoms with Gasteiger partial charge in [0, 0.05) is 38.4 Å². The van der Waals surface area contributed by atoms with Crippen molar-refractivity contribution in [2.24, 2.45) is 7.05 Å². The minimum atomic E-state index is -3.56. The summed E-state index contributed by atoms with van der Waals surface area (Å²) in [6, 6.07) is 2.18. The molecular formula is C20H33N3O3S. The van der Waals surface area contributed by atoms with E-state index in [1.54, 1.807) is 23.9 Å². The average molecular weight is 396 g/mol. The Labute approximate surface area is 163 Å². The Kier molecular flexibility index (Phi) is 6.31. The molecule has 2 saturated carbocycles. The largest absolute Gasteiger partial charge is 0.345 e. The van der Waals surface area contributed by atoms with Gasteiger partial charge in [-0.2, -0.15) is 4.31 Å². The van der Waals surface area contributed by atoms with E-state index in [0.29, 0.717) is 30.9 Å². The Bertz CT molecular complexity index is 739. The quantitative estimate of drug-likeness (QED) is 0.711. The van der Waals surface area contributed by atoms with Crippen LogP contribution in [0.25, 0.3) is 0 Å². The summed E-state index contributed by atoms with van der Waals surface area (Å²) in [6.45, 7) is 4.51. The molecule has 1 heterocycles. The fraction of sp³-hybridized carbons (Fsp3) is 0.750. The van der Waals surface area contributed by atoms with E-state index in [2.05, 4.69) is 4.90 Å². The molecule has 1 amide bonds. The zero-order valence-corrected chi connectivity index (χ0v) is 17.7. The standard InChI is InChI=1S/C20H33N3O3S/c1-4-22(5-2)27(25,26)18-14-19(21(3)15-18)20(24)23(16-10-6-7-11-16)17-12-8-9-13-17/h14-17H,4-13H2,1-3H3. The lowest BCUT2D eigenvalue weighted by atomic mass is 10.1. The van der Waals surface area contributed by atoms with Crippen LogP contribution >= 0.6 is 0 Å². The number of amides is 1. The normalized spacial score (nSPS) is 19.3. The SMILES string of the molecule is CCN(CC)S(=O)(=O)c1cc(C(=O)N(C2CCCC2)C2CCCC2)n(C)c1. The number of carbonyl (C=O) groups is 1. The van der Waals surface area contributed by atoms with Crippen LogP contribution in [0.2, 0.25) is 0 Å². The summed E-state index contributed by atoms with van der Waals surface area (Å²) < 4.78 is 28.8. The zero-order valence-electron chi connectivity index (χ0n) is 16.9. The van der Waals surface area contributed by atoms with Crippen molar-refractivity contribution >= 4 is 15.9 Å². The molecule has 7 heteroatoms. The van der Waals surface area contributed by atoms with Crippen LogP contribution in [0.3, 0.4) is 0 Å². The van der Waals surface area contributed by atoms with E-state index >= 15 is 0 Å². The number of hydrogen-bond acceptors (Lipinski definition) is 3. The monoisotopic (exact) mass is 395 g/mol. The summed E-state index contributed by atoms with van der Waals surface area (Å²) in [4.78, 5) is 15.8. The van der Waals surface area contributed by atoms with Crippen molar-refractivity contribution < 1.29 is 13.2 Å². The van der Waals surface area contributed by atoms with E-state index in [9.17, 15) is 13.2 Å². The third-order valence-corrected chi connectivity index (χ3v) is 8.23. The van der Waals surface area contributed by atoms with Crippen LogP contribution in [0.4, 0.5) is 0 Å². The van der Waals surface area contributed by atoms with Gasteiger partial charge < -0.3 is 9.47 Å². The molecule has 0 spiro atoms. The molecule has 0 atom stereocenters. The van der Waals surface area contributed by atoms with Crippen LogP contribution < -0.4 is 0 Å². The second-order valence-electron chi connectivity index (χ2n) is 7.85. The first kappa shape index (κ1) is 20.4. The molecule has 2 fully saturated rings. The first-order chi connectivity index (χ1) is 12.9. The summed E-state index contributed by atoms with van der Waals surface area (Å²) in [7, 11) is -1.78. The van der Waals surface area contributed by atoms with Gasteiger partial charge in [0.2, 0.25) is 10.0 Å². The lowest BCUT2D eigenvalue weighted by Crippen LogP contribution is -2.45. The molecule has 0 radical (unpaired) electrons. The molecule has 0 unspecified atom stereocenters. The second kappa shape index (κ2) is 8.35. The Morgan fingerprint density at radius 1 is 1.04 bits per heavy atom. The summed E-state index contributed by atoms with van der Waals surface area (Å²) in [5, 5.41) is 0. The highest BCUT2D eigenvalue weighted by Gasteiger charge is 2.36. The lowest BCUT2D eigenvalue weighted by molar-refractivity contribution is 0.0570. The van der Waals surface area contributed by atoms with Crippen molar-refractivity contribution in [2.45, 2.75) is 82.2 Å². The Morgan fingerprint density at radius 2 is 1.52 bits per heavy atom. The molecule has 152 valence electrons. The maximum absolute atomic E-state index is 13.5. The number of aromatic nitrogens is 1. The molecule has 2 aliphatic rings. The number of hydrogen-bond donors (Lipinski definition) is 0. The van der Waals surface area contributed by atoms with E-state index in [0.717, 1.165) is 25.7 Å². The lowest BCUT2D eigenvalue weighted by Gasteiger charge is -2.34. The maximum Gasteiger partial charge on any atom is 0.271 e. The predicted octanol–water partition coefficient (Wildman–Crippen LogP) is 3.38. The highest BCUT2D eigenvalue weighted by Crippen LogP contribution is 2.33. The molecular weight excluding hydrogens is 362 g/mol. The minimum absolute atomic E-state index is 0.00250. The van der Waals surface area contributed by atoms with E-state index in [1.165, 1.54) is 30.0 Å². The number of aryl methyl sites for hydroxylation is 1. The van der Waals surface area contributed by atoms with E-state index < -0.39 is 10.0 Å².